The number of hydrogen-bond acceptors (Lipinski definition) is 5. The molecule has 1 rings (SSSR count). The predicted octanol–water partition coefficient (Wildman–Crippen LogP) is -0.0822. The van der Waals surface area contributed by atoms with E-state index in [1.165, 1.54) is 0 Å². The Kier molecular flexibility index (Phi) is 3.85. The van der Waals surface area contributed by atoms with E-state index in [4.69, 9.17) is 14.7 Å². The monoisotopic (exact) mass is 186 g/mol. The maximum absolute atomic E-state index is 9.02. The standard InChI is InChI=1S/C8H14N2O3/c1-6(12)5-8-9-7(10-13-8)3-2-4-11/h6,11-12H,2-5H2,1H3. The Morgan fingerprint density at radius 1 is 1.54 bits per heavy atom. The van der Waals surface area contributed by atoms with E-state index in [0.29, 0.717) is 31.0 Å². The number of aryl methyl sites for hydroxylation is 1. The Labute approximate surface area is 76.4 Å². The van der Waals surface area contributed by atoms with E-state index in [-0.39, 0.29) is 6.61 Å². The van der Waals surface area contributed by atoms with E-state index in [1.54, 1.807) is 6.92 Å². The highest BCUT2D eigenvalue weighted by Gasteiger charge is 2.07. The van der Waals surface area contributed by atoms with Crippen LogP contribution in [0.2, 0.25) is 0 Å². The van der Waals surface area contributed by atoms with Crippen molar-refractivity contribution in [3.8, 4) is 0 Å². The molecular weight excluding hydrogens is 172 g/mol. The van der Waals surface area contributed by atoms with E-state index >= 15 is 0 Å². The molecule has 5 heteroatoms. The molecule has 0 saturated carbocycles. The van der Waals surface area contributed by atoms with Gasteiger partial charge in [0.05, 0.1) is 12.5 Å². The summed E-state index contributed by atoms with van der Waals surface area (Å²) >= 11 is 0. The van der Waals surface area contributed by atoms with Crippen LogP contribution in [0.5, 0.6) is 0 Å². The second-order valence-electron chi connectivity index (χ2n) is 2.98. The molecule has 0 fully saturated rings. The first-order valence-corrected chi connectivity index (χ1v) is 4.32. The van der Waals surface area contributed by atoms with Crippen molar-refractivity contribution < 1.29 is 14.7 Å². The Bertz CT molecular complexity index is 247. The molecule has 0 radical (unpaired) electrons. The summed E-state index contributed by atoms with van der Waals surface area (Å²) in [5.74, 6) is 1.03. The lowest BCUT2D eigenvalue weighted by molar-refractivity contribution is 0.181. The van der Waals surface area contributed by atoms with Gasteiger partial charge >= 0.3 is 0 Å². The summed E-state index contributed by atoms with van der Waals surface area (Å²) < 4.78 is 4.87. The van der Waals surface area contributed by atoms with Gasteiger partial charge in [-0.1, -0.05) is 5.16 Å². The van der Waals surface area contributed by atoms with Crippen molar-refractivity contribution in [3.05, 3.63) is 11.7 Å². The van der Waals surface area contributed by atoms with E-state index in [2.05, 4.69) is 10.1 Å². The highest BCUT2D eigenvalue weighted by molar-refractivity contribution is 4.87. The van der Waals surface area contributed by atoms with Crippen molar-refractivity contribution in [2.24, 2.45) is 0 Å². The predicted molar refractivity (Wildman–Crippen MR) is 45.1 cm³/mol. The number of nitrogens with zero attached hydrogens (tertiary/aromatic N) is 2. The van der Waals surface area contributed by atoms with Gasteiger partial charge in [0.15, 0.2) is 5.82 Å². The zero-order valence-corrected chi connectivity index (χ0v) is 7.60. The molecule has 13 heavy (non-hydrogen) atoms. The second-order valence-corrected chi connectivity index (χ2v) is 2.98. The van der Waals surface area contributed by atoms with Crippen LogP contribution < -0.4 is 0 Å². The van der Waals surface area contributed by atoms with Gasteiger partial charge in [0, 0.05) is 13.0 Å². The van der Waals surface area contributed by atoms with E-state index in [1.807, 2.05) is 0 Å². The lowest BCUT2D eigenvalue weighted by Gasteiger charge is -1.95. The van der Waals surface area contributed by atoms with Crippen molar-refractivity contribution in [1.82, 2.24) is 10.1 Å². The van der Waals surface area contributed by atoms with Gasteiger partial charge in [-0.05, 0) is 13.3 Å². The fourth-order valence-electron chi connectivity index (χ4n) is 0.964. The zero-order valence-electron chi connectivity index (χ0n) is 7.60. The molecule has 5 nitrogen and oxygen atoms in total. The van der Waals surface area contributed by atoms with Crippen LogP contribution in [0.4, 0.5) is 0 Å². The number of hydrogen-bond donors (Lipinski definition) is 2. The molecule has 0 aromatic carbocycles. The molecule has 0 aliphatic heterocycles. The molecule has 0 aliphatic rings. The molecule has 0 aliphatic carbocycles. The number of rotatable bonds is 5. The fraction of sp³-hybridized carbons (Fsp3) is 0.750. The summed E-state index contributed by atoms with van der Waals surface area (Å²) in [6.45, 7) is 1.79. The van der Waals surface area contributed by atoms with E-state index < -0.39 is 6.10 Å². The summed E-state index contributed by atoms with van der Waals surface area (Å²) in [4.78, 5) is 4.04. The third-order valence-corrected chi connectivity index (χ3v) is 1.54. The van der Waals surface area contributed by atoms with Crippen molar-refractivity contribution in [2.45, 2.75) is 32.3 Å². The molecule has 0 bridgehead atoms. The minimum atomic E-state index is -0.467. The minimum Gasteiger partial charge on any atom is -0.396 e. The smallest absolute Gasteiger partial charge is 0.229 e. The molecule has 1 unspecified atom stereocenters. The first kappa shape index (κ1) is 10.1. The van der Waals surface area contributed by atoms with Crippen LogP contribution in [-0.4, -0.2) is 33.1 Å². The van der Waals surface area contributed by atoms with E-state index in [9.17, 15) is 0 Å². The van der Waals surface area contributed by atoms with Gasteiger partial charge in [0.25, 0.3) is 0 Å². The van der Waals surface area contributed by atoms with Gasteiger partial charge in [-0.3, -0.25) is 0 Å². The summed E-state index contributed by atoms with van der Waals surface area (Å²) in [6.07, 6.45) is 1.16. The lowest BCUT2D eigenvalue weighted by Crippen LogP contribution is -2.04. The van der Waals surface area contributed by atoms with Crippen LogP contribution in [0, 0.1) is 0 Å². The second kappa shape index (κ2) is 4.94. The van der Waals surface area contributed by atoms with Gasteiger partial charge in [-0.15, -0.1) is 0 Å². The van der Waals surface area contributed by atoms with Crippen molar-refractivity contribution in [1.29, 1.82) is 0 Å². The molecule has 74 valence electrons. The SMILES string of the molecule is CC(O)Cc1nc(CCCO)no1. The minimum absolute atomic E-state index is 0.125. The maximum atomic E-state index is 9.02. The Hall–Kier alpha value is -0.940. The van der Waals surface area contributed by atoms with Crippen molar-refractivity contribution in [2.75, 3.05) is 6.61 Å². The van der Waals surface area contributed by atoms with Crippen LogP contribution in [0.25, 0.3) is 0 Å². The van der Waals surface area contributed by atoms with Gasteiger partial charge in [0.2, 0.25) is 5.89 Å². The molecule has 1 atom stereocenters. The molecule has 1 aromatic heterocycles. The van der Waals surface area contributed by atoms with Crippen LogP contribution >= 0.6 is 0 Å². The third-order valence-electron chi connectivity index (χ3n) is 1.54. The Morgan fingerprint density at radius 3 is 2.92 bits per heavy atom. The van der Waals surface area contributed by atoms with Crippen LogP contribution in [0.3, 0.4) is 0 Å². The van der Waals surface area contributed by atoms with Gasteiger partial charge in [-0.2, -0.15) is 4.98 Å². The average Bonchev–Trinajstić information content (AvgIpc) is 2.48. The fourth-order valence-corrected chi connectivity index (χ4v) is 0.964. The van der Waals surface area contributed by atoms with Gasteiger partial charge in [-0.25, -0.2) is 0 Å². The first-order valence-electron chi connectivity index (χ1n) is 4.32. The van der Waals surface area contributed by atoms with Crippen molar-refractivity contribution in [3.63, 3.8) is 0 Å². The summed E-state index contributed by atoms with van der Waals surface area (Å²) in [7, 11) is 0. The molecule has 2 N–H and O–H groups in total. The average molecular weight is 186 g/mol. The molecule has 0 spiro atoms. The topological polar surface area (TPSA) is 79.4 Å². The Morgan fingerprint density at radius 2 is 2.31 bits per heavy atom. The van der Waals surface area contributed by atoms with Crippen LogP contribution in [-0.2, 0) is 12.8 Å². The summed E-state index contributed by atoms with van der Waals surface area (Å²) in [5.41, 5.74) is 0. The number of aliphatic hydroxyl groups is 2. The molecular formula is C8H14N2O3. The zero-order chi connectivity index (χ0) is 9.68. The van der Waals surface area contributed by atoms with E-state index in [0.717, 1.165) is 0 Å². The summed E-state index contributed by atoms with van der Waals surface area (Å²) in [5, 5.41) is 21.3. The molecule has 0 saturated heterocycles. The number of aliphatic hydroxyl groups excluding tert-OH is 2. The van der Waals surface area contributed by atoms with Crippen molar-refractivity contribution >= 4 is 0 Å². The lowest BCUT2D eigenvalue weighted by atomic mass is 10.3. The van der Waals surface area contributed by atoms with Gasteiger partial charge in [0.1, 0.15) is 0 Å². The van der Waals surface area contributed by atoms with Crippen LogP contribution in [0.1, 0.15) is 25.1 Å². The molecule has 1 aromatic rings. The van der Waals surface area contributed by atoms with Gasteiger partial charge < -0.3 is 14.7 Å². The summed E-state index contributed by atoms with van der Waals surface area (Å²) in [6, 6.07) is 0. The first-order chi connectivity index (χ1) is 6.22. The normalized spacial score (nSPS) is 13.2. The number of aromatic nitrogens is 2. The molecule has 0 amide bonds. The largest absolute Gasteiger partial charge is 0.396 e. The third kappa shape index (κ3) is 3.52. The Balaban J connectivity index is 2.44. The van der Waals surface area contributed by atoms with Crippen LogP contribution in [0.15, 0.2) is 4.52 Å². The quantitative estimate of drug-likeness (QED) is 0.672. The maximum Gasteiger partial charge on any atom is 0.229 e. The highest BCUT2D eigenvalue weighted by Crippen LogP contribution is 2.02. The molecule has 1 heterocycles. The highest BCUT2D eigenvalue weighted by atomic mass is 16.5.